The molecule has 0 aromatic heterocycles. The molecule has 0 aliphatic rings. The predicted molar refractivity (Wildman–Crippen MR) is 83.4 cm³/mol. The molecule has 3 nitrogen and oxygen atoms in total. The van der Waals surface area contributed by atoms with Crippen LogP contribution in [0.5, 0.6) is 0 Å². The first-order chi connectivity index (χ1) is 8.97. The van der Waals surface area contributed by atoms with Gasteiger partial charge in [-0.15, -0.1) is 11.8 Å². The van der Waals surface area contributed by atoms with E-state index in [0.29, 0.717) is 0 Å². The fraction of sp³-hybridized carbons (Fsp3) is 0.533. The maximum absolute atomic E-state index is 12.1. The van der Waals surface area contributed by atoms with Crippen LogP contribution in [-0.2, 0) is 4.79 Å². The van der Waals surface area contributed by atoms with Gasteiger partial charge in [0.05, 0.1) is 5.25 Å². The second-order valence-electron chi connectivity index (χ2n) is 4.82. The van der Waals surface area contributed by atoms with Gasteiger partial charge in [0.15, 0.2) is 0 Å². The van der Waals surface area contributed by atoms with Gasteiger partial charge in [-0.2, -0.15) is 0 Å². The number of rotatable bonds is 6. The van der Waals surface area contributed by atoms with E-state index in [2.05, 4.69) is 19.2 Å². The van der Waals surface area contributed by atoms with Crippen LogP contribution < -0.4 is 11.1 Å². The Morgan fingerprint density at radius 2 is 2.00 bits per heavy atom. The van der Waals surface area contributed by atoms with E-state index >= 15 is 0 Å². The average molecular weight is 280 g/mol. The molecule has 0 spiro atoms. The van der Waals surface area contributed by atoms with Crippen molar-refractivity contribution in [2.45, 2.75) is 56.7 Å². The third kappa shape index (κ3) is 4.78. The molecule has 1 atom stereocenters. The molecule has 19 heavy (non-hydrogen) atoms. The molecule has 0 aliphatic carbocycles. The first-order valence-corrected chi connectivity index (χ1v) is 7.69. The Hall–Kier alpha value is -1.16. The number of aryl methyl sites for hydroxylation is 1. The molecule has 1 amide bonds. The van der Waals surface area contributed by atoms with Gasteiger partial charge in [0, 0.05) is 16.6 Å². The number of hydrogen-bond acceptors (Lipinski definition) is 3. The van der Waals surface area contributed by atoms with E-state index < -0.39 is 0 Å². The molecule has 0 fully saturated rings. The van der Waals surface area contributed by atoms with Crippen LogP contribution in [0, 0.1) is 6.92 Å². The summed E-state index contributed by atoms with van der Waals surface area (Å²) >= 11 is 1.51. The fourth-order valence-electron chi connectivity index (χ4n) is 1.83. The van der Waals surface area contributed by atoms with E-state index in [1.54, 1.807) is 0 Å². The minimum Gasteiger partial charge on any atom is -0.398 e. The Kier molecular flexibility index (Phi) is 6.22. The molecular formula is C15H24N2OS. The van der Waals surface area contributed by atoms with Crippen LogP contribution in [0.2, 0.25) is 0 Å². The maximum atomic E-state index is 12.1. The number of benzene rings is 1. The summed E-state index contributed by atoms with van der Waals surface area (Å²) in [5, 5.41) is 2.93. The number of nitrogens with two attached hydrogens (primary N) is 1. The predicted octanol–water partition coefficient (Wildman–Crippen LogP) is 3.36. The number of nitrogen functional groups attached to an aromatic ring is 1. The van der Waals surface area contributed by atoms with E-state index in [0.717, 1.165) is 29.0 Å². The zero-order valence-electron chi connectivity index (χ0n) is 12.2. The lowest BCUT2D eigenvalue weighted by Gasteiger charge is -2.18. The minimum absolute atomic E-state index is 0.0821. The van der Waals surface area contributed by atoms with Crippen molar-refractivity contribution in [2.24, 2.45) is 0 Å². The molecule has 0 saturated carbocycles. The van der Waals surface area contributed by atoms with Crippen molar-refractivity contribution < 1.29 is 4.79 Å². The van der Waals surface area contributed by atoms with Gasteiger partial charge in [0.1, 0.15) is 0 Å². The molecule has 0 bridgehead atoms. The molecular weight excluding hydrogens is 256 g/mol. The number of hydrogen-bond donors (Lipinski definition) is 2. The maximum Gasteiger partial charge on any atom is 0.233 e. The van der Waals surface area contributed by atoms with Gasteiger partial charge in [-0.3, -0.25) is 4.79 Å². The number of nitrogens with one attached hydrogen (secondary N) is 1. The zero-order chi connectivity index (χ0) is 14.4. The van der Waals surface area contributed by atoms with Crippen molar-refractivity contribution in [3.8, 4) is 0 Å². The van der Waals surface area contributed by atoms with Crippen molar-refractivity contribution in [1.29, 1.82) is 0 Å². The Balaban J connectivity index is 2.63. The Bertz CT molecular complexity index is 430. The summed E-state index contributed by atoms with van der Waals surface area (Å²) in [5.41, 5.74) is 7.85. The number of carbonyl (C=O) groups is 1. The van der Waals surface area contributed by atoms with E-state index in [1.807, 2.05) is 32.0 Å². The highest BCUT2D eigenvalue weighted by molar-refractivity contribution is 8.00. The van der Waals surface area contributed by atoms with Crippen molar-refractivity contribution in [3.63, 3.8) is 0 Å². The molecule has 0 heterocycles. The molecule has 0 aliphatic heterocycles. The van der Waals surface area contributed by atoms with Crippen LogP contribution >= 0.6 is 11.8 Å². The first-order valence-electron chi connectivity index (χ1n) is 6.81. The molecule has 1 aromatic rings. The topological polar surface area (TPSA) is 55.1 Å². The largest absolute Gasteiger partial charge is 0.398 e. The fourth-order valence-corrected chi connectivity index (χ4v) is 2.73. The molecule has 1 rings (SSSR count). The summed E-state index contributed by atoms with van der Waals surface area (Å²) in [6, 6.07) is 6.21. The lowest BCUT2D eigenvalue weighted by molar-refractivity contribution is -0.121. The number of carbonyl (C=O) groups excluding carboxylic acids is 1. The van der Waals surface area contributed by atoms with E-state index in [4.69, 9.17) is 5.73 Å². The summed E-state index contributed by atoms with van der Waals surface area (Å²) in [6.45, 7) is 8.10. The summed E-state index contributed by atoms with van der Waals surface area (Å²) in [5.74, 6) is 0.0821. The molecule has 1 aromatic carbocycles. The molecule has 1 unspecified atom stereocenters. The smallest absolute Gasteiger partial charge is 0.233 e. The summed E-state index contributed by atoms with van der Waals surface area (Å²) < 4.78 is 0. The van der Waals surface area contributed by atoms with Crippen LogP contribution in [0.25, 0.3) is 0 Å². The minimum atomic E-state index is -0.134. The second kappa shape index (κ2) is 7.43. The van der Waals surface area contributed by atoms with Gasteiger partial charge in [-0.05, 0) is 44.4 Å². The van der Waals surface area contributed by atoms with Gasteiger partial charge >= 0.3 is 0 Å². The van der Waals surface area contributed by atoms with Crippen molar-refractivity contribution in [2.75, 3.05) is 5.73 Å². The lowest BCUT2D eigenvalue weighted by atomic mass is 10.2. The number of anilines is 1. The van der Waals surface area contributed by atoms with Crippen LogP contribution in [0.4, 0.5) is 5.69 Å². The molecule has 4 heteroatoms. The molecule has 0 radical (unpaired) electrons. The van der Waals surface area contributed by atoms with Crippen molar-refractivity contribution >= 4 is 23.4 Å². The second-order valence-corrected chi connectivity index (χ2v) is 6.21. The zero-order valence-corrected chi connectivity index (χ0v) is 13.0. The van der Waals surface area contributed by atoms with Gasteiger partial charge in [0.2, 0.25) is 5.91 Å². The third-order valence-corrected chi connectivity index (χ3v) is 4.36. The van der Waals surface area contributed by atoms with E-state index in [-0.39, 0.29) is 17.2 Å². The first kappa shape index (κ1) is 15.9. The number of thioether (sulfide) groups is 1. The summed E-state index contributed by atoms with van der Waals surface area (Å²) in [6.07, 6.45) is 1.93. The summed E-state index contributed by atoms with van der Waals surface area (Å²) in [7, 11) is 0. The molecule has 3 N–H and O–H groups in total. The van der Waals surface area contributed by atoms with E-state index in [9.17, 15) is 4.79 Å². The average Bonchev–Trinajstić information content (AvgIpc) is 2.38. The number of amides is 1. The van der Waals surface area contributed by atoms with Gasteiger partial charge in [-0.1, -0.05) is 19.9 Å². The highest BCUT2D eigenvalue weighted by atomic mass is 32.2. The quantitative estimate of drug-likeness (QED) is 0.620. The molecule has 106 valence electrons. The Morgan fingerprint density at radius 1 is 1.37 bits per heavy atom. The Morgan fingerprint density at radius 3 is 2.53 bits per heavy atom. The van der Waals surface area contributed by atoms with Gasteiger partial charge < -0.3 is 11.1 Å². The van der Waals surface area contributed by atoms with Crippen LogP contribution in [0.15, 0.2) is 23.1 Å². The highest BCUT2D eigenvalue weighted by Crippen LogP contribution is 2.29. The lowest BCUT2D eigenvalue weighted by Crippen LogP contribution is -2.38. The van der Waals surface area contributed by atoms with Gasteiger partial charge in [-0.25, -0.2) is 0 Å². The van der Waals surface area contributed by atoms with Crippen LogP contribution in [-0.4, -0.2) is 17.2 Å². The van der Waals surface area contributed by atoms with Gasteiger partial charge in [0.25, 0.3) is 0 Å². The Labute approximate surface area is 120 Å². The summed E-state index contributed by atoms with van der Waals surface area (Å²) in [4.78, 5) is 13.1. The monoisotopic (exact) mass is 280 g/mol. The standard InChI is InChI=1S/C15H24N2OS/c1-5-12(6-2)17-15(18)11(4)19-14-8-7-10(3)9-13(14)16/h7-9,11-12H,5-6,16H2,1-4H3,(H,17,18). The highest BCUT2D eigenvalue weighted by Gasteiger charge is 2.17. The third-order valence-electron chi connectivity index (χ3n) is 3.17. The van der Waals surface area contributed by atoms with E-state index in [1.165, 1.54) is 11.8 Å². The molecule has 0 saturated heterocycles. The van der Waals surface area contributed by atoms with Crippen molar-refractivity contribution in [1.82, 2.24) is 5.32 Å². The SMILES string of the molecule is CCC(CC)NC(=O)C(C)Sc1ccc(C)cc1N. The van der Waals surface area contributed by atoms with Crippen molar-refractivity contribution in [3.05, 3.63) is 23.8 Å². The normalized spacial score (nSPS) is 12.5. The van der Waals surface area contributed by atoms with Crippen LogP contribution in [0.3, 0.4) is 0 Å². The van der Waals surface area contributed by atoms with Crippen LogP contribution in [0.1, 0.15) is 39.2 Å².